The van der Waals surface area contributed by atoms with E-state index in [1.807, 2.05) is 0 Å². The molecule has 0 aliphatic rings. The zero-order chi connectivity index (χ0) is 14.1. The van der Waals surface area contributed by atoms with Crippen molar-refractivity contribution in [3.8, 4) is 0 Å². The predicted octanol–water partition coefficient (Wildman–Crippen LogP) is 4.33. The molecule has 3 aromatic rings. The fourth-order valence-electron chi connectivity index (χ4n) is 1.83. The monoisotopic (exact) mass is 294 g/mol. The number of nitrogens with one attached hydrogen (secondary N) is 1. The Kier molecular flexibility index (Phi) is 3.31. The summed E-state index contributed by atoms with van der Waals surface area (Å²) in [4.78, 5) is 4.06. The van der Waals surface area contributed by atoms with Gasteiger partial charge in [0, 0.05) is 5.69 Å². The van der Waals surface area contributed by atoms with Gasteiger partial charge < -0.3 is 5.32 Å². The van der Waals surface area contributed by atoms with Crippen LogP contribution in [0.2, 0.25) is 0 Å². The van der Waals surface area contributed by atoms with E-state index < -0.39 is 11.6 Å². The van der Waals surface area contributed by atoms with E-state index in [-0.39, 0.29) is 11.3 Å². The highest BCUT2D eigenvalue weighted by molar-refractivity contribution is 7.18. The summed E-state index contributed by atoms with van der Waals surface area (Å²) < 4.78 is 40.2. The maximum absolute atomic E-state index is 13.5. The number of benzene rings is 2. The number of aromatic nitrogens is 1. The van der Waals surface area contributed by atoms with E-state index in [9.17, 15) is 13.2 Å². The third-order valence-electron chi connectivity index (χ3n) is 2.76. The van der Waals surface area contributed by atoms with Crippen LogP contribution in [-0.2, 0) is 6.54 Å². The normalized spacial score (nSPS) is 10.9. The summed E-state index contributed by atoms with van der Waals surface area (Å²) in [5, 5.41) is 3.59. The summed E-state index contributed by atoms with van der Waals surface area (Å²) in [5.74, 6) is -2.18. The molecule has 20 heavy (non-hydrogen) atoms. The molecule has 0 aliphatic carbocycles. The second kappa shape index (κ2) is 5.13. The molecule has 2 nitrogen and oxygen atoms in total. The molecule has 2 aromatic carbocycles. The maximum atomic E-state index is 13.5. The van der Waals surface area contributed by atoms with Gasteiger partial charge in [-0.3, -0.25) is 0 Å². The number of halogens is 3. The summed E-state index contributed by atoms with van der Waals surface area (Å²) >= 11 is 1.27. The first kappa shape index (κ1) is 12.9. The number of rotatable bonds is 3. The van der Waals surface area contributed by atoms with Crippen LogP contribution in [0.1, 0.15) is 5.01 Å². The Morgan fingerprint density at radius 1 is 1.10 bits per heavy atom. The van der Waals surface area contributed by atoms with Gasteiger partial charge in [0.2, 0.25) is 0 Å². The highest BCUT2D eigenvalue weighted by Crippen LogP contribution is 2.26. The predicted molar refractivity (Wildman–Crippen MR) is 73.3 cm³/mol. The van der Waals surface area contributed by atoms with Crippen molar-refractivity contribution in [2.75, 3.05) is 5.32 Å². The first-order valence-electron chi connectivity index (χ1n) is 5.86. The van der Waals surface area contributed by atoms with Crippen LogP contribution in [0.3, 0.4) is 0 Å². The molecule has 0 fully saturated rings. The second-order valence-corrected chi connectivity index (χ2v) is 5.29. The van der Waals surface area contributed by atoms with E-state index in [2.05, 4.69) is 10.3 Å². The highest BCUT2D eigenvalue weighted by Gasteiger charge is 2.12. The Balaban J connectivity index is 1.83. The lowest BCUT2D eigenvalue weighted by Crippen LogP contribution is -1.99. The summed E-state index contributed by atoms with van der Waals surface area (Å²) in [7, 11) is 0. The first-order valence-corrected chi connectivity index (χ1v) is 6.68. The Morgan fingerprint density at radius 3 is 2.75 bits per heavy atom. The molecule has 1 heterocycles. The Labute approximate surface area is 116 Å². The SMILES string of the molecule is Fc1cccc(NCc2nc3c(F)c(F)ccc3s2)c1. The lowest BCUT2D eigenvalue weighted by atomic mass is 10.3. The van der Waals surface area contributed by atoms with Gasteiger partial charge >= 0.3 is 0 Å². The summed E-state index contributed by atoms with van der Waals surface area (Å²) in [6.07, 6.45) is 0. The van der Waals surface area contributed by atoms with E-state index in [4.69, 9.17) is 0 Å². The van der Waals surface area contributed by atoms with Gasteiger partial charge in [-0.2, -0.15) is 0 Å². The van der Waals surface area contributed by atoms with E-state index in [1.165, 1.54) is 29.5 Å². The maximum Gasteiger partial charge on any atom is 0.185 e. The van der Waals surface area contributed by atoms with Gasteiger partial charge in [-0.15, -0.1) is 11.3 Å². The van der Waals surface area contributed by atoms with Crippen LogP contribution in [0.15, 0.2) is 36.4 Å². The third-order valence-corrected chi connectivity index (χ3v) is 3.79. The van der Waals surface area contributed by atoms with Crippen molar-refractivity contribution in [2.45, 2.75) is 6.54 Å². The molecule has 0 spiro atoms. The van der Waals surface area contributed by atoms with Gasteiger partial charge in [0.25, 0.3) is 0 Å². The third kappa shape index (κ3) is 2.46. The Morgan fingerprint density at radius 2 is 1.95 bits per heavy atom. The number of thiazole rings is 1. The molecular weight excluding hydrogens is 285 g/mol. The number of hydrogen-bond acceptors (Lipinski definition) is 3. The van der Waals surface area contributed by atoms with Gasteiger partial charge in [0.1, 0.15) is 16.3 Å². The van der Waals surface area contributed by atoms with Crippen LogP contribution in [0.4, 0.5) is 18.9 Å². The van der Waals surface area contributed by atoms with Crippen molar-refractivity contribution in [3.63, 3.8) is 0 Å². The summed E-state index contributed by atoms with van der Waals surface area (Å²) in [6.45, 7) is 0.323. The number of fused-ring (bicyclic) bond motifs is 1. The summed E-state index contributed by atoms with van der Waals surface area (Å²) in [6, 6.07) is 8.59. The molecule has 1 N–H and O–H groups in total. The van der Waals surface area contributed by atoms with Crippen LogP contribution in [0.5, 0.6) is 0 Å². The van der Waals surface area contributed by atoms with Gasteiger partial charge in [-0.25, -0.2) is 18.2 Å². The molecule has 0 saturated heterocycles. The van der Waals surface area contributed by atoms with Crippen LogP contribution in [-0.4, -0.2) is 4.98 Å². The average molecular weight is 294 g/mol. The van der Waals surface area contributed by atoms with Gasteiger partial charge in [-0.1, -0.05) is 6.07 Å². The largest absolute Gasteiger partial charge is 0.378 e. The molecule has 0 atom stereocenters. The van der Waals surface area contributed by atoms with Crippen molar-refractivity contribution in [1.82, 2.24) is 4.98 Å². The molecule has 0 saturated carbocycles. The van der Waals surface area contributed by atoms with Crippen LogP contribution >= 0.6 is 11.3 Å². The van der Waals surface area contributed by atoms with Gasteiger partial charge in [-0.05, 0) is 30.3 Å². The molecule has 1 aromatic heterocycles. The minimum Gasteiger partial charge on any atom is -0.378 e. The van der Waals surface area contributed by atoms with Gasteiger partial charge in [0.15, 0.2) is 11.6 Å². The quantitative estimate of drug-likeness (QED) is 0.778. The number of hydrogen-bond donors (Lipinski definition) is 1. The molecule has 0 radical (unpaired) electrons. The molecule has 102 valence electrons. The van der Waals surface area contributed by atoms with Crippen molar-refractivity contribution in [1.29, 1.82) is 0 Å². The van der Waals surface area contributed by atoms with Crippen molar-refractivity contribution in [2.24, 2.45) is 0 Å². The lowest BCUT2D eigenvalue weighted by molar-refractivity contribution is 0.515. The zero-order valence-electron chi connectivity index (χ0n) is 10.2. The Hall–Kier alpha value is -2.08. The molecule has 3 rings (SSSR count). The van der Waals surface area contributed by atoms with E-state index in [0.29, 0.717) is 21.9 Å². The second-order valence-electron chi connectivity index (χ2n) is 4.18. The highest BCUT2D eigenvalue weighted by atomic mass is 32.1. The van der Waals surface area contributed by atoms with Crippen LogP contribution < -0.4 is 5.32 Å². The van der Waals surface area contributed by atoms with Crippen molar-refractivity contribution in [3.05, 3.63) is 58.9 Å². The zero-order valence-corrected chi connectivity index (χ0v) is 11.0. The van der Waals surface area contributed by atoms with Crippen LogP contribution in [0, 0.1) is 17.5 Å². The molecule has 0 aliphatic heterocycles. The number of anilines is 1. The molecule has 0 unspecified atom stereocenters. The fourth-order valence-corrected chi connectivity index (χ4v) is 2.74. The van der Waals surface area contributed by atoms with E-state index in [1.54, 1.807) is 12.1 Å². The average Bonchev–Trinajstić information content (AvgIpc) is 2.85. The molecule has 6 heteroatoms. The van der Waals surface area contributed by atoms with Crippen molar-refractivity contribution >= 4 is 27.2 Å². The molecule has 0 bridgehead atoms. The minimum absolute atomic E-state index is 0.0334. The smallest absolute Gasteiger partial charge is 0.185 e. The first-order chi connectivity index (χ1) is 9.63. The topological polar surface area (TPSA) is 24.9 Å². The van der Waals surface area contributed by atoms with Crippen molar-refractivity contribution < 1.29 is 13.2 Å². The van der Waals surface area contributed by atoms with Crippen LogP contribution in [0.25, 0.3) is 10.2 Å². The minimum atomic E-state index is -0.934. The molecule has 0 amide bonds. The van der Waals surface area contributed by atoms with E-state index in [0.717, 1.165) is 6.07 Å². The standard InChI is InChI=1S/C14H9F3N2S/c15-8-2-1-3-9(6-8)18-7-12-19-14-11(20-12)5-4-10(16)13(14)17/h1-6,18H,7H2. The fraction of sp³-hybridized carbons (Fsp3) is 0.0714. The molecular formula is C14H9F3N2S. The lowest BCUT2D eigenvalue weighted by Gasteiger charge is -2.03. The number of nitrogens with zero attached hydrogens (tertiary/aromatic N) is 1. The van der Waals surface area contributed by atoms with E-state index >= 15 is 0 Å². The summed E-state index contributed by atoms with van der Waals surface area (Å²) in [5.41, 5.74) is 0.641. The van der Waals surface area contributed by atoms with Gasteiger partial charge in [0.05, 0.1) is 11.2 Å². The Bertz CT molecular complexity index is 770.